The van der Waals surface area contributed by atoms with E-state index in [-0.39, 0.29) is 0 Å². The molecule has 2 N–H and O–H groups in total. The van der Waals surface area contributed by atoms with Gasteiger partial charge in [0, 0.05) is 31.7 Å². The zero-order valence-electron chi connectivity index (χ0n) is 11.9. The van der Waals surface area contributed by atoms with E-state index >= 15 is 0 Å². The summed E-state index contributed by atoms with van der Waals surface area (Å²) in [4.78, 5) is 2.07. The molecule has 6 heteroatoms. The van der Waals surface area contributed by atoms with E-state index in [4.69, 9.17) is 9.26 Å². The summed E-state index contributed by atoms with van der Waals surface area (Å²) in [5.74, 6) is 0.839. The molecular weight excluding hydrogens is 246 g/mol. The fraction of sp³-hybridized carbons (Fsp3) is 0.769. The highest BCUT2D eigenvalue weighted by atomic mass is 16.5. The fourth-order valence-corrected chi connectivity index (χ4v) is 2.44. The van der Waals surface area contributed by atoms with Crippen molar-refractivity contribution in [1.82, 2.24) is 15.4 Å². The molecule has 2 heterocycles. The SMILES string of the molecule is Cc1noc(C)c1CN(C)C[C@@]1(O)CNCCOC1. The molecule has 1 saturated heterocycles. The number of aryl methyl sites for hydroxylation is 2. The lowest BCUT2D eigenvalue weighted by Crippen LogP contribution is -2.50. The van der Waals surface area contributed by atoms with E-state index in [1.54, 1.807) is 0 Å². The van der Waals surface area contributed by atoms with Crippen molar-refractivity contribution in [2.45, 2.75) is 26.0 Å². The van der Waals surface area contributed by atoms with Crippen molar-refractivity contribution in [1.29, 1.82) is 0 Å². The third kappa shape index (κ3) is 3.76. The average molecular weight is 269 g/mol. The molecule has 0 unspecified atom stereocenters. The second-order valence-corrected chi connectivity index (χ2v) is 5.43. The molecule has 0 bridgehead atoms. The van der Waals surface area contributed by atoms with Crippen molar-refractivity contribution in [3.05, 3.63) is 17.0 Å². The predicted molar refractivity (Wildman–Crippen MR) is 70.9 cm³/mol. The van der Waals surface area contributed by atoms with Crippen LogP contribution in [0.15, 0.2) is 4.52 Å². The molecule has 0 amide bonds. The molecule has 0 aromatic carbocycles. The minimum absolute atomic E-state index is 0.367. The molecule has 1 aromatic rings. The van der Waals surface area contributed by atoms with Crippen LogP contribution in [0, 0.1) is 13.8 Å². The van der Waals surface area contributed by atoms with Gasteiger partial charge in [-0.05, 0) is 20.9 Å². The lowest BCUT2D eigenvalue weighted by Gasteiger charge is -2.30. The maximum absolute atomic E-state index is 10.5. The van der Waals surface area contributed by atoms with Crippen molar-refractivity contribution in [2.24, 2.45) is 0 Å². The van der Waals surface area contributed by atoms with Crippen LogP contribution >= 0.6 is 0 Å². The molecule has 1 aliphatic rings. The Morgan fingerprint density at radius 3 is 2.95 bits per heavy atom. The molecule has 0 saturated carbocycles. The molecule has 1 atom stereocenters. The molecule has 108 valence electrons. The average Bonchev–Trinajstić information content (AvgIpc) is 2.55. The van der Waals surface area contributed by atoms with Gasteiger partial charge in [-0.25, -0.2) is 0 Å². The van der Waals surface area contributed by atoms with Crippen LogP contribution in [-0.2, 0) is 11.3 Å². The van der Waals surface area contributed by atoms with Gasteiger partial charge in [-0.1, -0.05) is 5.16 Å². The summed E-state index contributed by atoms with van der Waals surface area (Å²) < 4.78 is 10.6. The first-order valence-electron chi connectivity index (χ1n) is 6.61. The first kappa shape index (κ1) is 14.5. The number of rotatable bonds is 4. The first-order valence-corrected chi connectivity index (χ1v) is 6.61. The molecule has 0 aliphatic carbocycles. The monoisotopic (exact) mass is 269 g/mol. The maximum Gasteiger partial charge on any atom is 0.138 e. The van der Waals surface area contributed by atoms with Gasteiger partial charge < -0.3 is 19.7 Å². The Balaban J connectivity index is 1.95. The van der Waals surface area contributed by atoms with Crippen LogP contribution in [0.2, 0.25) is 0 Å². The largest absolute Gasteiger partial charge is 0.385 e. The third-order valence-electron chi connectivity index (χ3n) is 3.42. The fourth-order valence-electron chi connectivity index (χ4n) is 2.44. The standard InChI is InChI=1S/C13H23N3O3/c1-10-12(11(2)19-15-10)6-16(3)8-13(17)7-14-4-5-18-9-13/h14,17H,4-9H2,1-3H3/t13-/m0/s1. The highest BCUT2D eigenvalue weighted by Crippen LogP contribution is 2.16. The molecule has 0 radical (unpaired) electrons. The summed E-state index contributed by atoms with van der Waals surface area (Å²) in [6.45, 7) is 7.46. The van der Waals surface area contributed by atoms with Crippen molar-refractivity contribution < 1.29 is 14.4 Å². The summed E-state index contributed by atoms with van der Waals surface area (Å²) in [7, 11) is 1.98. The molecule has 0 spiro atoms. The Morgan fingerprint density at radius 1 is 1.47 bits per heavy atom. The number of nitrogens with one attached hydrogen (secondary N) is 1. The van der Waals surface area contributed by atoms with Gasteiger partial charge in [-0.3, -0.25) is 4.90 Å². The Labute approximate surface area is 113 Å². The summed E-state index contributed by atoms with van der Waals surface area (Å²) in [6, 6.07) is 0. The Bertz CT molecular complexity index is 392. The van der Waals surface area contributed by atoms with E-state index in [1.807, 2.05) is 20.9 Å². The summed E-state index contributed by atoms with van der Waals surface area (Å²) >= 11 is 0. The topological polar surface area (TPSA) is 70.8 Å². The number of hydrogen-bond acceptors (Lipinski definition) is 6. The van der Waals surface area contributed by atoms with Gasteiger partial charge in [-0.15, -0.1) is 0 Å². The van der Waals surface area contributed by atoms with E-state index in [2.05, 4.69) is 15.4 Å². The zero-order valence-corrected chi connectivity index (χ0v) is 11.9. The minimum atomic E-state index is -0.843. The van der Waals surface area contributed by atoms with Crippen LogP contribution in [0.1, 0.15) is 17.0 Å². The van der Waals surface area contributed by atoms with E-state index < -0.39 is 5.60 Å². The van der Waals surface area contributed by atoms with Crippen molar-refractivity contribution >= 4 is 0 Å². The molecule has 1 aromatic heterocycles. The summed E-state index contributed by atoms with van der Waals surface area (Å²) in [5, 5.41) is 17.7. The highest BCUT2D eigenvalue weighted by molar-refractivity contribution is 5.20. The molecule has 1 fully saturated rings. The quantitative estimate of drug-likeness (QED) is 0.806. The van der Waals surface area contributed by atoms with E-state index in [0.29, 0.717) is 32.8 Å². The molecule has 1 aliphatic heterocycles. The molecule has 6 nitrogen and oxygen atoms in total. The summed E-state index contributed by atoms with van der Waals surface area (Å²) in [6.07, 6.45) is 0. The Kier molecular flexibility index (Phi) is 4.57. The van der Waals surface area contributed by atoms with Gasteiger partial charge >= 0.3 is 0 Å². The first-order chi connectivity index (χ1) is 9.00. The van der Waals surface area contributed by atoms with Gasteiger partial charge in [0.05, 0.1) is 18.9 Å². The van der Waals surface area contributed by atoms with Crippen LogP contribution < -0.4 is 5.32 Å². The van der Waals surface area contributed by atoms with Gasteiger partial charge in [0.25, 0.3) is 0 Å². The Morgan fingerprint density at radius 2 is 2.26 bits per heavy atom. The van der Waals surface area contributed by atoms with E-state index in [0.717, 1.165) is 23.6 Å². The second kappa shape index (κ2) is 6.00. The number of β-amino-alcohol motifs (C(OH)–C–C–N with tert-alkyl or cyclic N) is 1. The number of aromatic nitrogens is 1. The van der Waals surface area contributed by atoms with Gasteiger partial charge in [0.2, 0.25) is 0 Å². The normalized spacial score (nSPS) is 24.7. The van der Waals surface area contributed by atoms with Crippen molar-refractivity contribution in [3.8, 4) is 0 Å². The lowest BCUT2D eigenvalue weighted by molar-refractivity contribution is -0.0462. The van der Waals surface area contributed by atoms with Crippen LogP contribution in [0.4, 0.5) is 0 Å². The van der Waals surface area contributed by atoms with Crippen LogP contribution in [0.25, 0.3) is 0 Å². The molecular formula is C13H23N3O3. The van der Waals surface area contributed by atoms with E-state index in [1.165, 1.54) is 0 Å². The minimum Gasteiger partial charge on any atom is -0.385 e. The smallest absolute Gasteiger partial charge is 0.138 e. The maximum atomic E-state index is 10.5. The number of nitrogens with zero attached hydrogens (tertiary/aromatic N) is 2. The highest BCUT2D eigenvalue weighted by Gasteiger charge is 2.30. The van der Waals surface area contributed by atoms with Gasteiger partial charge in [0.1, 0.15) is 11.4 Å². The number of ether oxygens (including phenoxy) is 1. The van der Waals surface area contributed by atoms with Crippen LogP contribution in [-0.4, -0.2) is 60.7 Å². The van der Waals surface area contributed by atoms with E-state index in [9.17, 15) is 5.11 Å². The molecule has 2 rings (SSSR count). The summed E-state index contributed by atoms with van der Waals surface area (Å²) in [5.41, 5.74) is 1.16. The van der Waals surface area contributed by atoms with Crippen molar-refractivity contribution in [3.63, 3.8) is 0 Å². The number of hydrogen-bond donors (Lipinski definition) is 2. The van der Waals surface area contributed by atoms with Crippen LogP contribution in [0.3, 0.4) is 0 Å². The molecule has 19 heavy (non-hydrogen) atoms. The second-order valence-electron chi connectivity index (χ2n) is 5.43. The number of aliphatic hydroxyl groups is 1. The zero-order chi connectivity index (χ0) is 13.9. The Hall–Kier alpha value is -0.950. The lowest BCUT2D eigenvalue weighted by atomic mass is 10.0. The number of likely N-dealkylation sites (N-methyl/N-ethyl adjacent to an activating group) is 1. The van der Waals surface area contributed by atoms with Gasteiger partial charge in [-0.2, -0.15) is 0 Å². The van der Waals surface area contributed by atoms with Crippen LogP contribution in [0.5, 0.6) is 0 Å². The van der Waals surface area contributed by atoms with Gasteiger partial charge in [0.15, 0.2) is 0 Å². The third-order valence-corrected chi connectivity index (χ3v) is 3.42. The van der Waals surface area contributed by atoms with Crippen molar-refractivity contribution in [2.75, 3.05) is 39.9 Å². The predicted octanol–water partition coefficient (Wildman–Crippen LogP) is 0.0741.